The average Bonchev–Trinajstić information content (AvgIpc) is 3.02. The third-order valence-corrected chi connectivity index (χ3v) is 5.98. The van der Waals surface area contributed by atoms with E-state index in [9.17, 15) is 14.4 Å². The fourth-order valence-electron chi connectivity index (χ4n) is 4.21. The lowest BCUT2D eigenvalue weighted by atomic mass is 9.99. The Balaban J connectivity index is 1.35. The molecule has 1 heterocycles. The molecule has 0 atom stereocenters. The zero-order valence-electron chi connectivity index (χ0n) is 18.4. The maximum Gasteiger partial charge on any atom is 0.314 e. The Bertz CT molecular complexity index is 1100. The number of unbranched alkanes of at least 4 members (excludes halogenated alkanes) is 4. The van der Waals surface area contributed by atoms with Crippen molar-refractivity contribution < 1.29 is 14.4 Å². The van der Waals surface area contributed by atoms with Gasteiger partial charge in [0.25, 0.3) is 11.8 Å². The smallest absolute Gasteiger partial charge is 0.314 e. The number of rotatable bonds is 9. The number of hydrogen-bond acceptors (Lipinski definition) is 3. The fourth-order valence-corrected chi connectivity index (χ4v) is 4.21. The van der Waals surface area contributed by atoms with Crippen molar-refractivity contribution in [3.8, 4) is 0 Å². The van der Waals surface area contributed by atoms with Crippen LogP contribution in [0.3, 0.4) is 0 Å². The van der Waals surface area contributed by atoms with E-state index >= 15 is 0 Å². The molecular weight excluding hydrogens is 402 g/mol. The summed E-state index contributed by atoms with van der Waals surface area (Å²) in [6, 6.07) is 15.4. The lowest BCUT2D eigenvalue weighted by Gasteiger charge is -2.14. The summed E-state index contributed by atoms with van der Waals surface area (Å²) in [6.45, 7) is 3.17. The zero-order chi connectivity index (χ0) is 22.5. The van der Waals surface area contributed by atoms with Gasteiger partial charge < -0.3 is 10.6 Å². The molecule has 1 aliphatic heterocycles. The molecule has 32 heavy (non-hydrogen) atoms. The van der Waals surface area contributed by atoms with Gasteiger partial charge in [-0.1, -0.05) is 56.9 Å². The third-order valence-electron chi connectivity index (χ3n) is 5.98. The minimum absolute atomic E-state index is 0.147. The molecule has 166 valence electrons. The number of fused-ring (bicyclic) bond motifs is 3. The summed E-state index contributed by atoms with van der Waals surface area (Å²) in [6.07, 6.45) is 5.66. The first-order valence-corrected chi connectivity index (χ1v) is 11.4. The summed E-state index contributed by atoms with van der Waals surface area (Å²) in [5, 5.41) is 9.61. The quantitative estimate of drug-likeness (QED) is 0.289. The molecule has 6 nitrogen and oxygen atoms in total. The molecule has 6 heteroatoms. The van der Waals surface area contributed by atoms with Gasteiger partial charge in [0.2, 0.25) is 0 Å². The Hall–Kier alpha value is -3.41. The minimum atomic E-state index is -0.307. The molecule has 3 aromatic carbocycles. The van der Waals surface area contributed by atoms with E-state index < -0.39 is 0 Å². The highest BCUT2D eigenvalue weighted by atomic mass is 16.2. The lowest BCUT2D eigenvalue weighted by Crippen LogP contribution is -2.42. The minimum Gasteiger partial charge on any atom is -0.338 e. The van der Waals surface area contributed by atoms with Crippen LogP contribution in [-0.4, -0.2) is 42.4 Å². The van der Waals surface area contributed by atoms with Crippen molar-refractivity contribution in [3.63, 3.8) is 0 Å². The Labute approximate surface area is 188 Å². The van der Waals surface area contributed by atoms with E-state index in [-0.39, 0.29) is 30.9 Å². The van der Waals surface area contributed by atoms with E-state index in [0.717, 1.165) is 34.4 Å². The largest absolute Gasteiger partial charge is 0.338 e. The van der Waals surface area contributed by atoms with Gasteiger partial charge >= 0.3 is 6.03 Å². The number of amides is 4. The molecule has 0 unspecified atom stereocenters. The Morgan fingerprint density at radius 2 is 1.31 bits per heavy atom. The van der Waals surface area contributed by atoms with Crippen LogP contribution in [0.25, 0.3) is 21.5 Å². The van der Waals surface area contributed by atoms with Crippen LogP contribution in [0.2, 0.25) is 0 Å². The number of urea groups is 1. The van der Waals surface area contributed by atoms with Gasteiger partial charge in [-0.2, -0.15) is 0 Å². The molecule has 4 amide bonds. The Morgan fingerprint density at radius 1 is 0.750 bits per heavy atom. The molecule has 0 saturated carbocycles. The van der Waals surface area contributed by atoms with Crippen molar-refractivity contribution in [2.45, 2.75) is 39.0 Å². The van der Waals surface area contributed by atoms with Crippen LogP contribution in [0, 0.1) is 0 Å². The Kier molecular flexibility index (Phi) is 6.69. The molecule has 1 aliphatic rings. The highest BCUT2D eigenvalue weighted by molar-refractivity contribution is 6.23. The molecule has 0 aromatic heterocycles. The number of imide groups is 1. The third kappa shape index (κ3) is 4.59. The van der Waals surface area contributed by atoms with Gasteiger partial charge in [0.05, 0.1) is 11.1 Å². The molecule has 0 fully saturated rings. The second kappa shape index (κ2) is 9.81. The van der Waals surface area contributed by atoms with Gasteiger partial charge in [-0.15, -0.1) is 0 Å². The van der Waals surface area contributed by atoms with Crippen LogP contribution in [-0.2, 0) is 0 Å². The maximum absolute atomic E-state index is 12.9. The standard InChI is InChI=1S/C26H29N3O3/c1-2-3-4-5-8-11-27-26(32)28-12-13-29-24(30)22-16-20-14-18-9-6-7-10-19(18)15-21(20)17-23(22)25(29)31/h6-7,9-10,14-17H,2-5,8,11-13H2,1H3,(H2,27,28,32). The topological polar surface area (TPSA) is 78.5 Å². The van der Waals surface area contributed by atoms with E-state index in [1.54, 1.807) is 12.1 Å². The van der Waals surface area contributed by atoms with Gasteiger partial charge in [-0.25, -0.2) is 4.79 Å². The van der Waals surface area contributed by atoms with Gasteiger partial charge in [0.1, 0.15) is 0 Å². The number of nitrogens with one attached hydrogen (secondary N) is 2. The zero-order valence-corrected chi connectivity index (χ0v) is 18.4. The van der Waals surface area contributed by atoms with Crippen LogP contribution in [0.15, 0.2) is 48.5 Å². The van der Waals surface area contributed by atoms with Crippen molar-refractivity contribution in [1.82, 2.24) is 15.5 Å². The predicted octanol–water partition coefficient (Wildman–Crippen LogP) is 4.86. The first-order valence-electron chi connectivity index (χ1n) is 11.4. The Morgan fingerprint density at radius 3 is 1.91 bits per heavy atom. The van der Waals surface area contributed by atoms with E-state index in [1.165, 1.54) is 24.2 Å². The summed E-state index contributed by atoms with van der Waals surface area (Å²) < 4.78 is 0. The molecule has 0 aliphatic carbocycles. The van der Waals surface area contributed by atoms with Crippen LogP contribution >= 0.6 is 0 Å². The predicted molar refractivity (Wildman–Crippen MR) is 127 cm³/mol. The number of benzene rings is 3. The molecular formula is C26H29N3O3. The molecule has 0 bridgehead atoms. The lowest BCUT2D eigenvalue weighted by molar-refractivity contribution is 0.0656. The fraction of sp³-hybridized carbons (Fsp3) is 0.346. The summed E-state index contributed by atoms with van der Waals surface area (Å²) in [5.41, 5.74) is 0.851. The van der Waals surface area contributed by atoms with Crippen LogP contribution in [0.1, 0.15) is 59.7 Å². The summed E-state index contributed by atoms with van der Waals surface area (Å²) in [4.78, 5) is 38.9. The maximum atomic E-state index is 12.9. The van der Waals surface area contributed by atoms with Crippen molar-refractivity contribution in [2.75, 3.05) is 19.6 Å². The highest BCUT2D eigenvalue weighted by Crippen LogP contribution is 2.30. The van der Waals surface area contributed by atoms with Crippen LogP contribution in [0.5, 0.6) is 0 Å². The average molecular weight is 432 g/mol. The second-order valence-corrected chi connectivity index (χ2v) is 8.30. The molecule has 4 rings (SSSR count). The summed E-state index contributed by atoms with van der Waals surface area (Å²) in [7, 11) is 0. The van der Waals surface area contributed by atoms with Crippen LogP contribution < -0.4 is 10.6 Å². The van der Waals surface area contributed by atoms with E-state index in [1.807, 2.05) is 36.4 Å². The summed E-state index contributed by atoms with van der Waals surface area (Å²) >= 11 is 0. The second-order valence-electron chi connectivity index (χ2n) is 8.30. The molecule has 2 N–H and O–H groups in total. The molecule has 0 spiro atoms. The molecule has 3 aromatic rings. The first-order chi connectivity index (χ1) is 15.6. The van der Waals surface area contributed by atoms with Gasteiger partial charge in [0, 0.05) is 19.6 Å². The number of hydrogen-bond donors (Lipinski definition) is 2. The molecule has 0 saturated heterocycles. The van der Waals surface area contributed by atoms with Crippen LogP contribution in [0.4, 0.5) is 4.79 Å². The van der Waals surface area contributed by atoms with Crippen molar-refractivity contribution in [3.05, 3.63) is 59.7 Å². The molecule has 0 radical (unpaired) electrons. The number of carbonyl (C=O) groups excluding carboxylic acids is 3. The monoisotopic (exact) mass is 431 g/mol. The van der Waals surface area contributed by atoms with Gasteiger partial charge in [0.15, 0.2) is 0 Å². The van der Waals surface area contributed by atoms with E-state index in [0.29, 0.717) is 17.7 Å². The van der Waals surface area contributed by atoms with Gasteiger partial charge in [-0.05, 0) is 52.2 Å². The first kappa shape index (κ1) is 21.8. The van der Waals surface area contributed by atoms with Crippen molar-refractivity contribution in [2.24, 2.45) is 0 Å². The summed E-state index contributed by atoms with van der Waals surface area (Å²) in [5.74, 6) is -0.614. The number of nitrogens with zero attached hydrogens (tertiary/aromatic N) is 1. The highest BCUT2D eigenvalue weighted by Gasteiger charge is 2.35. The van der Waals surface area contributed by atoms with Crippen molar-refractivity contribution >= 4 is 39.4 Å². The number of carbonyl (C=O) groups is 3. The van der Waals surface area contributed by atoms with Crippen molar-refractivity contribution in [1.29, 1.82) is 0 Å². The van der Waals surface area contributed by atoms with E-state index in [2.05, 4.69) is 17.6 Å². The van der Waals surface area contributed by atoms with Gasteiger partial charge in [-0.3, -0.25) is 14.5 Å². The SMILES string of the molecule is CCCCCCCNC(=O)NCCN1C(=O)c2cc3cc4ccccc4cc3cc2C1=O. The van der Waals surface area contributed by atoms with E-state index in [4.69, 9.17) is 0 Å². The normalized spacial score (nSPS) is 13.1.